The van der Waals surface area contributed by atoms with E-state index >= 15 is 0 Å². The Morgan fingerprint density at radius 2 is 1.86 bits per heavy atom. The van der Waals surface area contributed by atoms with Crippen LogP contribution in [-0.4, -0.2) is 26.1 Å². The van der Waals surface area contributed by atoms with Gasteiger partial charge < -0.3 is 4.74 Å². The minimum absolute atomic E-state index is 0.0248. The lowest BCUT2D eigenvalue weighted by Gasteiger charge is -2.10. The third-order valence-electron chi connectivity index (χ3n) is 4.13. The summed E-state index contributed by atoms with van der Waals surface area (Å²) in [6, 6.07) is 11.3. The van der Waals surface area contributed by atoms with Crippen LogP contribution in [0.1, 0.15) is 35.8 Å². The highest BCUT2D eigenvalue weighted by molar-refractivity contribution is 7.91. The van der Waals surface area contributed by atoms with E-state index in [2.05, 4.69) is 9.46 Å². The quantitative estimate of drug-likeness (QED) is 0.617. The largest absolute Gasteiger partial charge is 0.465 e. The number of fused-ring (bicyclic) bond motifs is 1. The van der Waals surface area contributed by atoms with Crippen LogP contribution in [-0.2, 0) is 20.5 Å². The topological polar surface area (TPSA) is 94.5 Å². The second kappa shape index (κ2) is 7.76. The van der Waals surface area contributed by atoms with E-state index in [-0.39, 0.29) is 16.7 Å². The molecule has 2 aromatic carbocycles. The molecular formula is C19H20N2O5S2. The molecule has 1 heterocycles. The van der Waals surface area contributed by atoms with Gasteiger partial charge in [0.15, 0.2) is 0 Å². The lowest BCUT2D eigenvalue weighted by Crippen LogP contribution is -2.15. The number of thiazole rings is 1. The molecule has 148 valence electrons. The molecule has 28 heavy (non-hydrogen) atoms. The highest BCUT2D eigenvalue weighted by atomic mass is 32.2. The summed E-state index contributed by atoms with van der Waals surface area (Å²) in [5.41, 5.74) is 2.07. The summed E-state index contributed by atoms with van der Waals surface area (Å²) < 4.78 is 34.6. The highest BCUT2D eigenvalue weighted by Gasteiger charge is 2.15. The number of hydrogen-bond acceptors (Lipinski definition) is 6. The van der Waals surface area contributed by atoms with Crippen LogP contribution < -0.4 is 9.60 Å². The molecule has 0 unspecified atom stereocenters. The number of hydrogen-bond donors (Lipinski definition) is 1. The van der Waals surface area contributed by atoms with Gasteiger partial charge in [0.2, 0.25) is 10.0 Å². The van der Waals surface area contributed by atoms with Crippen molar-refractivity contribution in [1.29, 1.82) is 0 Å². The lowest BCUT2D eigenvalue weighted by atomic mass is 10.1. The number of carbonyl (C=O) groups is 1. The van der Waals surface area contributed by atoms with Gasteiger partial charge in [-0.15, -0.1) is 0 Å². The molecule has 0 aliphatic heterocycles. The zero-order valence-electron chi connectivity index (χ0n) is 15.6. The summed E-state index contributed by atoms with van der Waals surface area (Å²) in [7, 11) is -2.38. The maximum Gasteiger partial charge on any atom is 0.337 e. The number of esters is 1. The van der Waals surface area contributed by atoms with Gasteiger partial charge in [0.25, 0.3) is 0 Å². The number of nitrogens with zero attached hydrogens (tertiary/aromatic N) is 1. The first-order chi connectivity index (χ1) is 13.2. The molecule has 3 rings (SSSR count). The first-order valence-corrected chi connectivity index (χ1v) is 11.0. The van der Waals surface area contributed by atoms with Crippen LogP contribution in [0.15, 0.2) is 47.3 Å². The Hall–Kier alpha value is -2.65. The minimum atomic E-state index is -3.66. The number of carbonyl (C=O) groups excluding carboxylic acids is 1. The van der Waals surface area contributed by atoms with E-state index in [0.29, 0.717) is 16.8 Å². The molecule has 0 amide bonds. The van der Waals surface area contributed by atoms with Crippen LogP contribution in [0.3, 0.4) is 0 Å². The Kier molecular flexibility index (Phi) is 5.57. The molecule has 0 aliphatic rings. The van der Waals surface area contributed by atoms with Crippen LogP contribution in [0.25, 0.3) is 10.2 Å². The van der Waals surface area contributed by atoms with Gasteiger partial charge in [0.05, 0.1) is 34.3 Å². The van der Waals surface area contributed by atoms with E-state index in [1.165, 1.54) is 19.2 Å². The normalized spacial score (nSPS) is 11.7. The molecule has 0 fully saturated rings. The molecule has 0 saturated heterocycles. The molecule has 0 saturated carbocycles. The van der Waals surface area contributed by atoms with Crippen LogP contribution in [0.5, 0.6) is 0 Å². The molecule has 0 aliphatic carbocycles. The van der Waals surface area contributed by atoms with Crippen molar-refractivity contribution in [2.75, 3.05) is 11.8 Å². The number of aromatic nitrogens is 1. The summed E-state index contributed by atoms with van der Waals surface area (Å²) in [6.45, 7) is 3.85. The summed E-state index contributed by atoms with van der Waals surface area (Å²) in [6.07, 6.45) is 0. The lowest BCUT2D eigenvalue weighted by molar-refractivity contribution is 0.0600. The molecule has 0 radical (unpaired) electrons. The third kappa shape index (κ3) is 4.26. The third-order valence-corrected chi connectivity index (χ3v) is 6.31. The second-order valence-corrected chi connectivity index (χ2v) is 9.28. The van der Waals surface area contributed by atoms with Gasteiger partial charge in [-0.2, -0.15) is 0 Å². The number of nitrogens with one attached hydrogen (secondary N) is 1. The summed E-state index contributed by atoms with van der Waals surface area (Å²) in [5.74, 6) is -0.719. The van der Waals surface area contributed by atoms with Crippen LogP contribution >= 0.6 is 11.3 Å². The van der Waals surface area contributed by atoms with Crippen molar-refractivity contribution in [3.63, 3.8) is 0 Å². The Morgan fingerprint density at radius 3 is 2.46 bits per heavy atom. The van der Waals surface area contributed by atoms with Gasteiger partial charge >= 0.3 is 10.8 Å². The van der Waals surface area contributed by atoms with Gasteiger partial charge in [0, 0.05) is 6.04 Å². The average Bonchev–Trinajstić information content (AvgIpc) is 2.96. The zero-order valence-corrected chi connectivity index (χ0v) is 17.3. The van der Waals surface area contributed by atoms with E-state index < -0.39 is 16.0 Å². The first kappa shape index (κ1) is 20.1. The SMILES string of the molecule is COC(=O)c1ccc(CS(=O)(=O)Nc2ccc3c(c2)sc(=O)n3C(C)C)cc1. The standard InChI is InChI=1S/C19H20N2O5S2/c1-12(2)21-16-9-8-15(10-17(16)27-19(21)23)20-28(24,25)11-13-4-6-14(7-5-13)18(22)26-3/h4-10,12,20H,11H2,1-3H3. The van der Waals surface area contributed by atoms with Crippen molar-refractivity contribution < 1.29 is 17.9 Å². The van der Waals surface area contributed by atoms with Crippen molar-refractivity contribution in [3.8, 4) is 0 Å². The molecule has 0 atom stereocenters. The van der Waals surface area contributed by atoms with Gasteiger partial charge in [-0.25, -0.2) is 13.2 Å². The van der Waals surface area contributed by atoms with Gasteiger partial charge in [-0.05, 0) is 49.7 Å². The fraction of sp³-hybridized carbons (Fsp3) is 0.263. The average molecular weight is 421 g/mol. The molecule has 1 aromatic heterocycles. The smallest absolute Gasteiger partial charge is 0.337 e. The Bertz CT molecular complexity index is 1180. The first-order valence-electron chi connectivity index (χ1n) is 8.53. The number of ether oxygens (including phenoxy) is 1. The van der Waals surface area contributed by atoms with Crippen LogP contribution in [0.4, 0.5) is 5.69 Å². The number of sulfonamides is 1. The predicted molar refractivity (Wildman–Crippen MR) is 110 cm³/mol. The molecule has 0 bridgehead atoms. The van der Waals surface area contributed by atoms with Gasteiger partial charge in [-0.3, -0.25) is 14.1 Å². The van der Waals surface area contributed by atoms with Crippen molar-refractivity contribution in [1.82, 2.24) is 4.57 Å². The summed E-state index contributed by atoms with van der Waals surface area (Å²) >= 11 is 1.09. The second-order valence-electron chi connectivity index (χ2n) is 6.56. The zero-order chi connectivity index (χ0) is 20.5. The van der Waals surface area contributed by atoms with E-state index in [1.807, 2.05) is 13.8 Å². The van der Waals surface area contributed by atoms with Gasteiger partial charge in [-0.1, -0.05) is 23.5 Å². The molecule has 3 aromatic rings. The van der Waals surface area contributed by atoms with Crippen molar-refractivity contribution >= 4 is 43.2 Å². The van der Waals surface area contributed by atoms with Crippen molar-refractivity contribution in [3.05, 3.63) is 63.3 Å². The molecule has 9 heteroatoms. The van der Waals surface area contributed by atoms with Crippen LogP contribution in [0, 0.1) is 0 Å². The Labute approximate surface area is 166 Å². The Balaban J connectivity index is 1.80. The van der Waals surface area contributed by atoms with E-state index in [4.69, 9.17) is 0 Å². The summed E-state index contributed by atoms with van der Waals surface area (Å²) in [5, 5.41) is 0. The summed E-state index contributed by atoms with van der Waals surface area (Å²) in [4.78, 5) is 23.5. The van der Waals surface area contributed by atoms with E-state index in [9.17, 15) is 18.0 Å². The number of benzene rings is 2. The van der Waals surface area contributed by atoms with E-state index in [0.717, 1.165) is 21.6 Å². The fourth-order valence-corrected chi connectivity index (χ4v) is 5.12. The monoisotopic (exact) mass is 420 g/mol. The van der Waals surface area contributed by atoms with Crippen molar-refractivity contribution in [2.45, 2.75) is 25.6 Å². The fourth-order valence-electron chi connectivity index (χ4n) is 2.88. The molecule has 7 nitrogen and oxygen atoms in total. The van der Waals surface area contributed by atoms with Crippen molar-refractivity contribution in [2.24, 2.45) is 0 Å². The van der Waals surface area contributed by atoms with Gasteiger partial charge in [0.1, 0.15) is 0 Å². The highest BCUT2D eigenvalue weighted by Crippen LogP contribution is 2.25. The predicted octanol–water partition coefficient (Wildman–Crippen LogP) is 3.37. The Morgan fingerprint density at radius 1 is 1.18 bits per heavy atom. The van der Waals surface area contributed by atoms with Crippen LogP contribution in [0.2, 0.25) is 0 Å². The maximum absolute atomic E-state index is 12.5. The maximum atomic E-state index is 12.5. The minimum Gasteiger partial charge on any atom is -0.465 e. The molecular weight excluding hydrogens is 400 g/mol. The molecule has 0 spiro atoms. The molecule has 1 N–H and O–H groups in total. The number of anilines is 1. The van der Waals surface area contributed by atoms with E-state index in [1.54, 1.807) is 34.9 Å². The number of methoxy groups -OCH3 is 1. The number of rotatable bonds is 6.